The molecule has 0 aliphatic rings. The van der Waals surface area contributed by atoms with Gasteiger partial charge in [0.15, 0.2) is 11.0 Å². The van der Waals surface area contributed by atoms with E-state index in [2.05, 4.69) is 60.6 Å². The van der Waals surface area contributed by atoms with Crippen LogP contribution in [-0.2, 0) is 14.9 Å². The van der Waals surface area contributed by atoms with Gasteiger partial charge < -0.3 is 14.8 Å². The second-order valence-electron chi connectivity index (χ2n) is 9.80. The fraction of sp³-hybridized carbons (Fsp3) is 0.267. The highest BCUT2D eigenvalue weighted by Crippen LogP contribution is 2.31. The number of rotatable bonds is 9. The lowest BCUT2D eigenvalue weighted by Gasteiger charge is -2.19. The average molecular weight is 545 g/mol. The van der Waals surface area contributed by atoms with Crippen LogP contribution in [0.3, 0.4) is 0 Å². The maximum absolute atomic E-state index is 12.7. The number of esters is 1. The van der Waals surface area contributed by atoms with Crippen molar-refractivity contribution in [1.29, 1.82) is 0 Å². The van der Waals surface area contributed by atoms with E-state index in [0.717, 1.165) is 17.0 Å². The predicted molar refractivity (Wildman–Crippen MR) is 154 cm³/mol. The maximum atomic E-state index is 12.7. The van der Waals surface area contributed by atoms with E-state index in [0.29, 0.717) is 28.8 Å². The summed E-state index contributed by atoms with van der Waals surface area (Å²) >= 11 is 1.29. The number of carbonyl (C=O) groups excluding carboxylic acids is 2. The molecule has 0 aliphatic carbocycles. The summed E-state index contributed by atoms with van der Waals surface area (Å²) in [7, 11) is 1.33. The third-order valence-corrected chi connectivity index (χ3v) is 6.90. The Morgan fingerprint density at radius 2 is 1.59 bits per heavy atom. The van der Waals surface area contributed by atoms with Crippen molar-refractivity contribution in [2.45, 2.75) is 38.3 Å². The van der Waals surface area contributed by atoms with Crippen molar-refractivity contribution in [2.24, 2.45) is 0 Å². The minimum Gasteiger partial charge on any atom is -0.494 e. The highest BCUT2D eigenvalue weighted by atomic mass is 32.2. The molecule has 0 saturated carbocycles. The smallest absolute Gasteiger partial charge is 0.337 e. The topological polar surface area (TPSA) is 95.3 Å². The van der Waals surface area contributed by atoms with E-state index in [1.165, 1.54) is 24.4 Å². The summed E-state index contributed by atoms with van der Waals surface area (Å²) in [5.41, 5.74) is 4.04. The van der Waals surface area contributed by atoms with Gasteiger partial charge in [0, 0.05) is 16.9 Å². The first-order valence-corrected chi connectivity index (χ1v) is 13.6. The van der Waals surface area contributed by atoms with E-state index in [9.17, 15) is 9.59 Å². The molecule has 4 rings (SSSR count). The first-order valence-electron chi connectivity index (χ1n) is 12.6. The van der Waals surface area contributed by atoms with Crippen LogP contribution in [0, 0.1) is 0 Å². The van der Waals surface area contributed by atoms with Crippen LogP contribution in [0.2, 0.25) is 0 Å². The molecule has 3 aromatic carbocycles. The normalized spacial score (nSPS) is 11.2. The summed E-state index contributed by atoms with van der Waals surface area (Å²) in [6.45, 7) is 9.06. The molecule has 1 N–H and O–H groups in total. The monoisotopic (exact) mass is 544 g/mol. The zero-order chi connectivity index (χ0) is 28.0. The highest BCUT2D eigenvalue weighted by Gasteiger charge is 2.19. The Labute approximate surface area is 232 Å². The van der Waals surface area contributed by atoms with Crippen LogP contribution in [0.1, 0.15) is 43.6 Å². The van der Waals surface area contributed by atoms with Crippen LogP contribution in [0.5, 0.6) is 5.75 Å². The number of hydrogen-bond acceptors (Lipinski definition) is 7. The molecule has 1 heterocycles. The summed E-state index contributed by atoms with van der Waals surface area (Å²) in [4.78, 5) is 24.4. The van der Waals surface area contributed by atoms with Crippen LogP contribution < -0.4 is 10.1 Å². The second-order valence-corrected chi connectivity index (χ2v) is 10.7. The minimum atomic E-state index is -0.430. The van der Waals surface area contributed by atoms with Gasteiger partial charge in [0.2, 0.25) is 5.91 Å². The van der Waals surface area contributed by atoms with Gasteiger partial charge in [-0.25, -0.2) is 4.79 Å². The largest absolute Gasteiger partial charge is 0.494 e. The molecule has 0 fully saturated rings. The number of nitrogens with zero attached hydrogens (tertiary/aromatic N) is 3. The van der Waals surface area contributed by atoms with E-state index >= 15 is 0 Å². The number of carbonyl (C=O) groups is 2. The number of benzene rings is 3. The molecule has 0 spiro atoms. The first-order chi connectivity index (χ1) is 18.7. The van der Waals surface area contributed by atoms with Gasteiger partial charge in [-0.3, -0.25) is 9.36 Å². The Kier molecular flexibility index (Phi) is 8.71. The van der Waals surface area contributed by atoms with E-state index < -0.39 is 5.97 Å². The first kappa shape index (κ1) is 27.9. The molecular formula is C30H32N4O4S. The van der Waals surface area contributed by atoms with Gasteiger partial charge in [0.25, 0.3) is 0 Å². The van der Waals surface area contributed by atoms with Crippen molar-refractivity contribution in [3.63, 3.8) is 0 Å². The van der Waals surface area contributed by atoms with Crippen LogP contribution in [0.4, 0.5) is 5.69 Å². The number of hydrogen-bond donors (Lipinski definition) is 1. The fourth-order valence-corrected chi connectivity index (χ4v) is 4.65. The Bertz CT molecular complexity index is 1420. The molecule has 8 nitrogen and oxygen atoms in total. The molecule has 0 aliphatic heterocycles. The maximum Gasteiger partial charge on any atom is 0.337 e. The number of thioether (sulfide) groups is 1. The lowest BCUT2D eigenvalue weighted by Crippen LogP contribution is -2.14. The average Bonchev–Trinajstić information content (AvgIpc) is 3.36. The minimum absolute atomic E-state index is 0.0370. The zero-order valence-electron chi connectivity index (χ0n) is 22.7. The SMILES string of the molecule is CCOc1ccc(-n2c(SCC(=O)Nc3ccc(C(=O)OC)cc3)nnc2-c2ccc(C(C)(C)C)cc2)cc1. The van der Waals surface area contributed by atoms with E-state index in [1.54, 1.807) is 24.3 Å². The van der Waals surface area contributed by atoms with Gasteiger partial charge >= 0.3 is 5.97 Å². The predicted octanol–water partition coefficient (Wildman–Crippen LogP) is 6.15. The van der Waals surface area contributed by atoms with E-state index in [1.807, 2.05) is 35.8 Å². The molecule has 202 valence electrons. The summed E-state index contributed by atoms with van der Waals surface area (Å²) in [6.07, 6.45) is 0. The number of aromatic nitrogens is 3. The van der Waals surface area contributed by atoms with Crippen molar-refractivity contribution < 1.29 is 19.1 Å². The van der Waals surface area contributed by atoms with Crippen molar-refractivity contribution in [1.82, 2.24) is 14.8 Å². The standard InChI is InChI=1S/C30H32N4O4S/c1-6-38-25-17-15-24(16-18-25)34-27(20-7-11-22(12-8-20)30(2,3)4)32-33-29(34)39-19-26(35)31-23-13-9-21(10-14-23)28(36)37-5/h7-18H,6,19H2,1-5H3,(H,31,35). The Balaban J connectivity index is 1.57. The summed E-state index contributed by atoms with van der Waals surface area (Å²) < 4.78 is 12.3. The Hall–Kier alpha value is -4.11. The van der Waals surface area contributed by atoms with Crippen LogP contribution in [0.25, 0.3) is 17.1 Å². The molecule has 0 bridgehead atoms. The van der Waals surface area contributed by atoms with Gasteiger partial charge in [-0.15, -0.1) is 10.2 Å². The van der Waals surface area contributed by atoms with Gasteiger partial charge in [-0.1, -0.05) is 56.8 Å². The number of methoxy groups -OCH3 is 1. The fourth-order valence-electron chi connectivity index (χ4n) is 3.90. The van der Waals surface area contributed by atoms with Crippen LogP contribution in [-0.4, -0.2) is 46.1 Å². The quantitative estimate of drug-likeness (QED) is 0.199. The van der Waals surface area contributed by atoms with Gasteiger partial charge in [-0.05, 0) is 66.4 Å². The van der Waals surface area contributed by atoms with Crippen molar-refractivity contribution >= 4 is 29.3 Å². The zero-order valence-corrected chi connectivity index (χ0v) is 23.5. The van der Waals surface area contributed by atoms with Gasteiger partial charge in [0.1, 0.15) is 5.75 Å². The molecule has 4 aromatic rings. The summed E-state index contributed by atoms with van der Waals surface area (Å²) in [5.74, 6) is 0.943. The lowest BCUT2D eigenvalue weighted by atomic mass is 9.87. The van der Waals surface area contributed by atoms with Gasteiger partial charge in [0.05, 0.1) is 25.0 Å². The molecule has 1 amide bonds. The Morgan fingerprint density at radius 3 is 2.18 bits per heavy atom. The molecule has 9 heteroatoms. The number of ether oxygens (including phenoxy) is 2. The van der Waals surface area contributed by atoms with Gasteiger partial charge in [-0.2, -0.15) is 0 Å². The second kappa shape index (κ2) is 12.2. The summed E-state index contributed by atoms with van der Waals surface area (Å²) in [5, 5.41) is 12.4. The molecule has 39 heavy (non-hydrogen) atoms. The van der Waals surface area contributed by atoms with E-state index in [4.69, 9.17) is 9.47 Å². The number of anilines is 1. The molecular weight excluding hydrogens is 512 g/mol. The third kappa shape index (κ3) is 6.86. The molecule has 0 saturated heterocycles. The molecule has 1 aromatic heterocycles. The summed E-state index contributed by atoms with van der Waals surface area (Å²) in [6, 6.07) is 22.6. The highest BCUT2D eigenvalue weighted by molar-refractivity contribution is 7.99. The number of nitrogens with one attached hydrogen (secondary N) is 1. The number of amides is 1. The third-order valence-electron chi connectivity index (χ3n) is 5.97. The van der Waals surface area contributed by atoms with Crippen molar-refractivity contribution in [3.05, 3.63) is 83.9 Å². The van der Waals surface area contributed by atoms with Crippen LogP contribution in [0.15, 0.2) is 78.0 Å². The molecule has 0 atom stereocenters. The van der Waals surface area contributed by atoms with Crippen molar-refractivity contribution in [3.8, 4) is 22.8 Å². The Morgan fingerprint density at radius 1 is 0.923 bits per heavy atom. The van der Waals surface area contributed by atoms with Crippen LogP contribution >= 0.6 is 11.8 Å². The molecule has 0 radical (unpaired) electrons. The van der Waals surface area contributed by atoms with Crippen molar-refractivity contribution in [2.75, 3.05) is 24.8 Å². The lowest BCUT2D eigenvalue weighted by molar-refractivity contribution is -0.113. The van der Waals surface area contributed by atoms with E-state index in [-0.39, 0.29) is 17.1 Å². The molecule has 0 unspecified atom stereocenters.